The average Bonchev–Trinajstić information content (AvgIpc) is 2.84. The van der Waals surface area contributed by atoms with Gasteiger partial charge in [-0.05, 0) is 23.8 Å². The first-order valence-electron chi connectivity index (χ1n) is 10.6. The van der Waals surface area contributed by atoms with Crippen LogP contribution < -0.4 is 32.2 Å². The van der Waals surface area contributed by atoms with Crippen LogP contribution in [0.15, 0.2) is 48.8 Å². The van der Waals surface area contributed by atoms with Crippen molar-refractivity contribution in [2.75, 3.05) is 20.7 Å². The third-order valence-corrected chi connectivity index (χ3v) is 4.66. The maximum atomic E-state index is 11.6. The Morgan fingerprint density at radius 3 is 2.41 bits per heavy atom. The van der Waals surface area contributed by atoms with Crippen molar-refractivity contribution in [2.24, 2.45) is 11.5 Å². The number of carbonyl (C=O) groups is 4. The van der Waals surface area contributed by atoms with Gasteiger partial charge in [0.2, 0.25) is 24.1 Å². The molecule has 0 unspecified atom stereocenters. The molecule has 11 heteroatoms. The highest BCUT2D eigenvalue weighted by molar-refractivity contribution is 5.83. The molecular weight excluding hydrogens is 440 g/mol. The number of ether oxygens (including phenoxy) is 1. The second-order valence-electron chi connectivity index (χ2n) is 7.13. The maximum Gasteiger partial charge on any atom is 0.242 e. The Bertz CT molecular complexity index is 925. The van der Waals surface area contributed by atoms with Gasteiger partial charge in [-0.2, -0.15) is 0 Å². The van der Waals surface area contributed by atoms with Gasteiger partial charge in [0.1, 0.15) is 11.8 Å². The number of likely N-dealkylation sites (N-methyl/N-ethyl adjacent to an activating group) is 1. The molecular formula is C23H32N6O5. The van der Waals surface area contributed by atoms with Gasteiger partial charge < -0.3 is 32.2 Å². The van der Waals surface area contributed by atoms with Gasteiger partial charge in [-0.15, -0.1) is 0 Å². The molecule has 0 aliphatic heterocycles. The molecule has 11 nitrogen and oxygen atoms in total. The molecule has 2 rings (SSSR count). The van der Waals surface area contributed by atoms with Crippen molar-refractivity contribution in [3.63, 3.8) is 0 Å². The van der Waals surface area contributed by atoms with Crippen LogP contribution in [0.2, 0.25) is 0 Å². The molecule has 184 valence electrons. The first-order chi connectivity index (χ1) is 16.3. The summed E-state index contributed by atoms with van der Waals surface area (Å²) in [6.45, 7) is 0.229. The largest absolute Gasteiger partial charge is 0.496 e. The van der Waals surface area contributed by atoms with Crippen LogP contribution in [0.1, 0.15) is 30.0 Å². The van der Waals surface area contributed by atoms with E-state index in [4.69, 9.17) is 16.2 Å². The average molecular weight is 473 g/mol. The number of primary amides is 1. The van der Waals surface area contributed by atoms with Gasteiger partial charge in [-0.25, -0.2) is 0 Å². The van der Waals surface area contributed by atoms with Crippen molar-refractivity contribution in [3.05, 3.63) is 59.9 Å². The first kappa shape index (κ1) is 28.0. The predicted octanol–water partition coefficient (Wildman–Crippen LogP) is -0.439. The van der Waals surface area contributed by atoms with E-state index in [1.165, 1.54) is 7.05 Å². The maximum absolute atomic E-state index is 11.6. The zero-order valence-electron chi connectivity index (χ0n) is 19.3. The van der Waals surface area contributed by atoms with Crippen LogP contribution in [0.5, 0.6) is 5.75 Å². The SMILES string of the molecule is CNC(=O)[C@H](Cc1ccncc1)NC=O.COc1ccccc1[C@@H](N)CC(=O)NCCC(N)=O. The number of hydrogen-bond acceptors (Lipinski definition) is 7. The number of benzene rings is 1. The van der Waals surface area contributed by atoms with Gasteiger partial charge >= 0.3 is 0 Å². The van der Waals surface area contributed by atoms with Gasteiger partial charge in [0.15, 0.2) is 0 Å². The summed E-state index contributed by atoms with van der Waals surface area (Å²) in [7, 11) is 3.09. The van der Waals surface area contributed by atoms with E-state index in [0.29, 0.717) is 18.6 Å². The number of para-hydroxylation sites is 1. The van der Waals surface area contributed by atoms with Crippen LogP contribution >= 0.6 is 0 Å². The lowest BCUT2D eigenvalue weighted by molar-refractivity contribution is -0.125. The van der Waals surface area contributed by atoms with Gasteiger partial charge in [0, 0.05) is 56.9 Å². The Morgan fingerprint density at radius 1 is 1.15 bits per heavy atom. The lowest BCUT2D eigenvalue weighted by atomic mass is 10.0. The normalized spacial score (nSPS) is 11.6. The highest BCUT2D eigenvalue weighted by Crippen LogP contribution is 2.24. The molecule has 0 radical (unpaired) electrons. The first-order valence-corrected chi connectivity index (χ1v) is 10.6. The van der Waals surface area contributed by atoms with Crippen molar-refractivity contribution < 1.29 is 23.9 Å². The molecule has 1 aromatic heterocycles. The monoisotopic (exact) mass is 472 g/mol. The quantitative estimate of drug-likeness (QED) is 0.260. The van der Waals surface area contributed by atoms with Crippen LogP contribution in [-0.2, 0) is 25.6 Å². The molecule has 1 heterocycles. The topological polar surface area (TPSA) is 179 Å². The number of nitrogens with one attached hydrogen (secondary N) is 3. The van der Waals surface area contributed by atoms with Crippen LogP contribution in [0.25, 0.3) is 0 Å². The second-order valence-corrected chi connectivity index (χ2v) is 7.13. The van der Waals surface area contributed by atoms with E-state index in [0.717, 1.165) is 11.1 Å². The molecule has 0 bridgehead atoms. The Balaban J connectivity index is 0.000000350. The molecule has 1 aromatic carbocycles. The molecule has 7 N–H and O–H groups in total. The van der Waals surface area contributed by atoms with Gasteiger partial charge in [0.25, 0.3) is 0 Å². The second kappa shape index (κ2) is 15.8. The van der Waals surface area contributed by atoms with Crippen LogP contribution in [0, 0.1) is 0 Å². The highest BCUT2D eigenvalue weighted by atomic mass is 16.5. The summed E-state index contributed by atoms with van der Waals surface area (Å²) in [4.78, 5) is 47.7. The van der Waals surface area contributed by atoms with Gasteiger partial charge in [-0.3, -0.25) is 24.2 Å². The Hall–Kier alpha value is -3.99. The predicted molar refractivity (Wildman–Crippen MR) is 126 cm³/mol. The third kappa shape index (κ3) is 10.6. The molecule has 0 aliphatic rings. The van der Waals surface area contributed by atoms with E-state index in [1.54, 1.807) is 25.6 Å². The van der Waals surface area contributed by atoms with E-state index in [9.17, 15) is 19.2 Å². The van der Waals surface area contributed by atoms with Crippen molar-refractivity contribution in [1.82, 2.24) is 20.9 Å². The highest BCUT2D eigenvalue weighted by Gasteiger charge is 2.16. The minimum atomic E-state index is -0.533. The summed E-state index contributed by atoms with van der Waals surface area (Å²) in [6.07, 6.45) is 4.53. The summed E-state index contributed by atoms with van der Waals surface area (Å²) >= 11 is 0. The zero-order valence-corrected chi connectivity index (χ0v) is 19.3. The van der Waals surface area contributed by atoms with Crippen LogP contribution in [0.4, 0.5) is 0 Å². The minimum absolute atomic E-state index is 0.121. The molecule has 4 amide bonds. The fourth-order valence-corrected chi connectivity index (χ4v) is 2.92. The molecule has 2 atom stereocenters. The zero-order chi connectivity index (χ0) is 25.3. The fraction of sp³-hybridized carbons (Fsp3) is 0.348. The molecule has 0 spiro atoms. The number of carbonyl (C=O) groups excluding carboxylic acids is 4. The number of aromatic nitrogens is 1. The summed E-state index contributed by atoms with van der Waals surface area (Å²) in [5.41, 5.74) is 12.7. The number of amides is 4. The molecule has 0 saturated heterocycles. The number of hydrogen-bond donors (Lipinski definition) is 5. The van der Waals surface area contributed by atoms with E-state index in [2.05, 4.69) is 20.9 Å². The van der Waals surface area contributed by atoms with E-state index < -0.39 is 18.0 Å². The standard InChI is InChI=1S/C13H19N3O3.C10H13N3O2/c1-19-11-5-3-2-4-9(11)10(14)8-13(18)16-7-6-12(15)17;1-11-10(15)9(13-7-14)6-8-2-4-12-5-3-8/h2-5,10H,6-8,14H2,1H3,(H2,15,17)(H,16,18);2-5,7,9H,6H2,1H3,(H,11,15)(H,13,14)/t10-;9-/m00/s1. The smallest absolute Gasteiger partial charge is 0.242 e. The van der Waals surface area contributed by atoms with Crippen molar-refractivity contribution in [2.45, 2.75) is 31.3 Å². The van der Waals surface area contributed by atoms with Crippen LogP contribution in [-0.4, -0.2) is 55.9 Å². The summed E-state index contributed by atoms with van der Waals surface area (Å²) in [5, 5.41) is 7.55. The number of nitrogens with zero attached hydrogens (tertiary/aromatic N) is 1. The summed E-state index contributed by atoms with van der Waals surface area (Å²) < 4.78 is 5.19. The van der Waals surface area contributed by atoms with E-state index >= 15 is 0 Å². The minimum Gasteiger partial charge on any atom is -0.496 e. The van der Waals surface area contributed by atoms with Crippen molar-refractivity contribution >= 4 is 24.1 Å². The molecule has 34 heavy (non-hydrogen) atoms. The summed E-state index contributed by atoms with van der Waals surface area (Å²) in [5.74, 6) is -0.229. The Kier molecular flexibility index (Phi) is 13.0. The van der Waals surface area contributed by atoms with Gasteiger partial charge in [-0.1, -0.05) is 18.2 Å². The number of nitrogens with two attached hydrogens (primary N) is 2. The van der Waals surface area contributed by atoms with Crippen LogP contribution in [0.3, 0.4) is 0 Å². The third-order valence-electron chi connectivity index (χ3n) is 4.66. The molecule has 0 saturated carbocycles. The fourth-order valence-electron chi connectivity index (χ4n) is 2.92. The summed E-state index contributed by atoms with van der Waals surface area (Å²) in [6, 6.07) is 9.91. The van der Waals surface area contributed by atoms with Gasteiger partial charge in [0.05, 0.1) is 7.11 Å². The number of rotatable bonds is 12. The van der Waals surface area contributed by atoms with E-state index in [1.807, 2.05) is 30.3 Å². The lowest BCUT2D eigenvalue weighted by Gasteiger charge is -2.15. The molecule has 0 aliphatic carbocycles. The van der Waals surface area contributed by atoms with Crippen molar-refractivity contribution in [3.8, 4) is 5.75 Å². The van der Waals surface area contributed by atoms with E-state index in [-0.39, 0.29) is 31.2 Å². The van der Waals surface area contributed by atoms with Crippen molar-refractivity contribution in [1.29, 1.82) is 0 Å². The lowest BCUT2D eigenvalue weighted by Crippen LogP contribution is -2.43. The molecule has 2 aromatic rings. The Morgan fingerprint density at radius 2 is 1.82 bits per heavy atom. The number of pyridine rings is 1. The molecule has 0 fully saturated rings. The Labute approximate surface area is 198 Å². The number of methoxy groups -OCH3 is 1.